The molecule has 0 unspecified atom stereocenters. The van der Waals surface area contributed by atoms with Crippen LogP contribution in [0.15, 0.2) is 83.6 Å². The van der Waals surface area contributed by atoms with Gasteiger partial charge in [-0.3, -0.25) is 9.52 Å². The lowest BCUT2D eigenvalue weighted by atomic mass is 9.98. The van der Waals surface area contributed by atoms with Crippen molar-refractivity contribution in [3.63, 3.8) is 0 Å². The van der Waals surface area contributed by atoms with Crippen LogP contribution in [0.1, 0.15) is 0 Å². The van der Waals surface area contributed by atoms with Crippen LogP contribution in [0.5, 0.6) is 11.5 Å². The Labute approximate surface area is 188 Å². The van der Waals surface area contributed by atoms with E-state index in [2.05, 4.69) is 11.3 Å². The predicted molar refractivity (Wildman–Crippen MR) is 124 cm³/mol. The fourth-order valence-corrected chi connectivity index (χ4v) is 4.03. The largest absolute Gasteiger partial charge is 0.454 e. The Morgan fingerprint density at radius 3 is 2.42 bits per heavy atom. The van der Waals surface area contributed by atoms with Gasteiger partial charge >= 0.3 is 0 Å². The van der Waals surface area contributed by atoms with E-state index in [9.17, 15) is 22.0 Å². The SMILES string of the molecule is C=CS(=O)(=O)Nc1cccc(Oc2ccc(F)cc2F)c1-c1cn(C)c(=O)c2ccccc12. The second-order valence-electron chi connectivity index (χ2n) is 7.17. The standard InChI is InChI=1S/C24H18F2N2O4S/c1-3-33(30,31)27-20-9-6-10-22(32-21-12-11-15(25)13-19(21)26)23(20)18-14-28(2)24(29)17-8-5-4-7-16(17)18/h3-14,27H,1H2,2H3. The summed E-state index contributed by atoms with van der Waals surface area (Å²) >= 11 is 0. The molecule has 9 heteroatoms. The normalized spacial score (nSPS) is 11.4. The third-order valence-corrected chi connectivity index (χ3v) is 5.92. The van der Waals surface area contributed by atoms with E-state index < -0.39 is 21.7 Å². The van der Waals surface area contributed by atoms with E-state index in [0.29, 0.717) is 22.4 Å². The molecular formula is C24H18F2N2O4S. The molecule has 1 heterocycles. The summed E-state index contributed by atoms with van der Waals surface area (Å²) in [5, 5.41) is 1.69. The number of nitrogens with one attached hydrogen (secondary N) is 1. The van der Waals surface area contributed by atoms with Gasteiger partial charge in [-0.2, -0.15) is 0 Å². The van der Waals surface area contributed by atoms with Gasteiger partial charge in [0.05, 0.1) is 11.3 Å². The predicted octanol–water partition coefficient (Wildman–Crippen LogP) is 5.16. The smallest absolute Gasteiger partial charge is 0.258 e. The van der Waals surface area contributed by atoms with Crippen molar-refractivity contribution in [1.82, 2.24) is 4.57 Å². The number of anilines is 1. The third-order valence-electron chi connectivity index (χ3n) is 4.97. The molecule has 168 valence electrons. The monoisotopic (exact) mass is 468 g/mol. The van der Waals surface area contributed by atoms with Gasteiger partial charge in [0.25, 0.3) is 15.6 Å². The molecule has 0 spiro atoms. The molecular weight excluding hydrogens is 450 g/mol. The Hall–Kier alpha value is -3.98. The number of aromatic nitrogens is 1. The molecule has 4 aromatic rings. The first-order valence-electron chi connectivity index (χ1n) is 9.70. The van der Waals surface area contributed by atoms with Gasteiger partial charge in [0.1, 0.15) is 11.6 Å². The number of fused-ring (bicyclic) bond motifs is 1. The molecule has 0 aliphatic rings. The van der Waals surface area contributed by atoms with E-state index in [1.54, 1.807) is 37.5 Å². The number of rotatable bonds is 6. The van der Waals surface area contributed by atoms with Crippen molar-refractivity contribution >= 4 is 26.5 Å². The minimum absolute atomic E-state index is 0.0913. The Morgan fingerprint density at radius 1 is 1.00 bits per heavy atom. The van der Waals surface area contributed by atoms with Gasteiger partial charge < -0.3 is 9.30 Å². The highest BCUT2D eigenvalue weighted by molar-refractivity contribution is 7.95. The number of aryl methyl sites for hydroxylation is 1. The maximum Gasteiger partial charge on any atom is 0.258 e. The zero-order chi connectivity index (χ0) is 23.8. The third kappa shape index (κ3) is 4.35. The van der Waals surface area contributed by atoms with Crippen molar-refractivity contribution in [2.45, 2.75) is 0 Å². The molecule has 0 amide bonds. The van der Waals surface area contributed by atoms with E-state index >= 15 is 0 Å². The number of hydrogen-bond donors (Lipinski definition) is 1. The van der Waals surface area contributed by atoms with Crippen molar-refractivity contribution in [2.24, 2.45) is 7.05 Å². The Bertz CT molecular complexity index is 1560. The fourth-order valence-electron chi connectivity index (χ4n) is 3.47. The van der Waals surface area contributed by atoms with Crippen LogP contribution in [0.4, 0.5) is 14.5 Å². The summed E-state index contributed by atoms with van der Waals surface area (Å²) in [7, 11) is -2.35. The van der Waals surface area contributed by atoms with Crippen LogP contribution in [0.3, 0.4) is 0 Å². The number of halogens is 2. The number of ether oxygens (including phenoxy) is 1. The second kappa shape index (κ2) is 8.51. The van der Waals surface area contributed by atoms with Crippen LogP contribution < -0.4 is 15.0 Å². The molecule has 0 aliphatic heterocycles. The summed E-state index contributed by atoms with van der Waals surface area (Å²) in [5.74, 6) is -1.86. The summed E-state index contributed by atoms with van der Waals surface area (Å²) in [4.78, 5) is 12.6. The second-order valence-corrected chi connectivity index (χ2v) is 8.80. The number of sulfonamides is 1. The van der Waals surface area contributed by atoms with Gasteiger partial charge in [0.2, 0.25) is 0 Å². The van der Waals surface area contributed by atoms with Gasteiger partial charge in [-0.1, -0.05) is 30.8 Å². The van der Waals surface area contributed by atoms with Crippen molar-refractivity contribution in [3.05, 3.63) is 101 Å². The zero-order valence-corrected chi connectivity index (χ0v) is 18.2. The minimum atomic E-state index is -3.91. The van der Waals surface area contributed by atoms with Gasteiger partial charge in [-0.15, -0.1) is 0 Å². The number of pyridine rings is 1. The lowest BCUT2D eigenvalue weighted by Crippen LogP contribution is -2.17. The lowest BCUT2D eigenvalue weighted by molar-refractivity contribution is 0.439. The molecule has 0 saturated heterocycles. The Balaban J connectivity index is 2.03. The first kappa shape index (κ1) is 22.2. The van der Waals surface area contributed by atoms with Gasteiger partial charge in [0, 0.05) is 35.7 Å². The molecule has 0 atom stereocenters. The zero-order valence-electron chi connectivity index (χ0n) is 17.4. The molecule has 0 radical (unpaired) electrons. The van der Waals surface area contributed by atoms with Gasteiger partial charge in [-0.25, -0.2) is 17.2 Å². The van der Waals surface area contributed by atoms with E-state index in [4.69, 9.17) is 4.74 Å². The summed E-state index contributed by atoms with van der Waals surface area (Å²) in [6.45, 7) is 3.30. The van der Waals surface area contributed by atoms with Crippen LogP contribution in [0, 0.1) is 11.6 Å². The minimum Gasteiger partial charge on any atom is -0.454 e. The van der Waals surface area contributed by atoms with E-state index in [1.807, 2.05) is 0 Å². The topological polar surface area (TPSA) is 77.4 Å². The molecule has 4 rings (SSSR count). The lowest BCUT2D eigenvalue weighted by Gasteiger charge is -2.18. The maximum absolute atomic E-state index is 14.3. The molecule has 0 fully saturated rings. The molecule has 0 bridgehead atoms. The average molecular weight is 468 g/mol. The summed E-state index contributed by atoms with van der Waals surface area (Å²) in [5.41, 5.74) is 0.607. The van der Waals surface area contributed by atoms with E-state index in [0.717, 1.165) is 17.5 Å². The summed E-state index contributed by atoms with van der Waals surface area (Å²) in [6.07, 6.45) is 1.54. The Morgan fingerprint density at radius 2 is 1.73 bits per heavy atom. The Kier molecular flexibility index (Phi) is 5.73. The van der Waals surface area contributed by atoms with Crippen LogP contribution in [0.25, 0.3) is 21.9 Å². The molecule has 3 aromatic carbocycles. The highest BCUT2D eigenvalue weighted by atomic mass is 32.2. The van der Waals surface area contributed by atoms with Crippen LogP contribution in [0.2, 0.25) is 0 Å². The quantitative estimate of drug-likeness (QED) is 0.424. The van der Waals surface area contributed by atoms with E-state index in [-0.39, 0.29) is 28.3 Å². The highest BCUT2D eigenvalue weighted by Crippen LogP contribution is 2.42. The number of benzene rings is 3. The summed E-state index contributed by atoms with van der Waals surface area (Å²) in [6, 6.07) is 14.2. The van der Waals surface area contributed by atoms with Crippen molar-refractivity contribution in [3.8, 4) is 22.6 Å². The van der Waals surface area contributed by atoms with E-state index in [1.165, 1.54) is 22.8 Å². The fraction of sp³-hybridized carbons (Fsp3) is 0.0417. The average Bonchev–Trinajstić information content (AvgIpc) is 2.78. The van der Waals surface area contributed by atoms with Crippen LogP contribution in [-0.2, 0) is 17.1 Å². The molecule has 6 nitrogen and oxygen atoms in total. The molecule has 0 aliphatic carbocycles. The maximum atomic E-state index is 14.3. The van der Waals surface area contributed by atoms with Crippen molar-refractivity contribution in [2.75, 3.05) is 4.72 Å². The number of nitrogens with zero attached hydrogens (tertiary/aromatic N) is 1. The van der Waals surface area contributed by atoms with Crippen molar-refractivity contribution < 1.29 is 21.9 Å². The van der Waals surface area contributed by atoms with Gasteiger partial charge in [-0.05, 0) is 35.7 Å². The molecule has 33 heavy (non-hydrogen) atoms. The van der Waals surface area contributed by atoms with Crippen LogP contribution >= 0.6 is 0 Å². The molecule has 1 aromatic heterocycles. The van der Waals surface area contributed by atoms with Crippen LogP contribution in [-0.4, -0.2) is 13.0 Å². The highest BCUT2D eigenvalue weighted by Gasteiger charge is 2.20. The first-order valence-corrected chi connectivity index (χ1v) is 11.2. The molecule has 1 N–H and O–H groups in total. The molecule has 0 saturated carbocycles. The summed E-state index contributed by atoms with van der Waals surface area (Å²) < 4.78 is 61.8. The van der Waals surface area contributed by atoms with Gasteiger partial charge in [0.15, 0.2) is 11.6 Å². The van der Waals surface area contributed by atoms with Crippen molar-refractivity contribution in [1.29, 1.82) is 0 Å². The first-order chi connectivity index (χ1) is 15.7. The number of hydrogen-bond acceptors (Lipinski definition) is 4.